The van der Waals surface area contributed by atoms with Crippen molar-refractivity contribution < 1.29 is 4.74 Å². The quantitative estimate of drug-likeness (QED) is 0.232. The number of rotatable bonds is 2. The molecule has 0 saturated heterocycles. The monoisotopic (exact) mass is 559 g/mol. The molecule has 0 aromatic heterocycles. The molecule has 0 amide bonds. The van der Waals surface area contributed by atoms with Crippen LogP contribution in [0.5, 0.6) is 11.5 Å². The molecule has 42 heavy (non-hydrogen) atoms. The van der Waals surface area contributed by atoms with Crippen LogP contribution in [0.25, 0.3) is 22.3 Å². The molecule has 0 aliphatic carbocycles. The molecule has 0 unspecified atom stereocenters. The van der Waals surface area contributed by atoms with Gasteiger partial charge in [-0.15, -0.1) is 0 Å². The van der Waals surface area contributed by atoms with Crippen LogP contribution in [0.15, 0.2) is 72.8 Å². The largest absolute Gasteiger partial charge is 0.453 e. The number of hydrogen-bond donors (Lipinski definition) is 1. The lowest BCUT2D eigenvalue weighted by atomic mass is 9.79. The van der Waals surface area contributed by atoms with Crippen LogP contribution in [0, 0.1) is 0 Å². The topological polar surface area (TPSA) is 21.3 Å². The van der Waals surface area contributed by atoms with Gasteiger partial charge in [0, 0.05) is 0 Å². The summed E-state index contributed by atoms with van der Waals surface area (Å²) in [4.78, 5) is 0. The van der Waals surface area contributed by atoms with Gasteiger partial charge in [-0.1, -0.05) is 132 Å². The maximum atomic E-state index is 6.63. The molecule has 0 radical (unpaired) electrons. The van der Waals surface area contributed by atoms with E-state index in [-0.39, 0.29) is 21.7 Å². The van der Waals surface area contributed by atoms with Gasteiger partial charge < -0.3 is 10.1 Å². The van der Waals surface area contributed by atoms with E-state index in [1.807, 2.05) is 0 Å². The molecule has 1 heterocycles. The van der Waals surface area contributed by atoms with Gasteiger partial charge in [-0.05, 0) is 90.4 Å². The Morgan fingerprint density at radius 1 is 0.381 bits per heavy atom. The highest BCUT2D eigenvalue weighted by Gasteiger charge is 2.24. The van der Waals surface area contributed by atoms with Crippen LogP contribution in [0.1, 0.15) is 105 Å². The third-order valence-corrected chi connectivity index (χ3v) is 8.45. The van der Waals surface area contributed by atoms with Gasteiger partial charge in [-0.3, -0.25) is 0 Å². The summed E-state index contributed by atoms with van der Waals surface area (Å²) >= 11 is 0. The molecule has 220 valence electrons. The molecule has 2 heteroatoms. The van der Waals surface area contributed by atoms with Crippen molar-refractivity contribution in [2.45, 2.75) is 105 Å². The molecular formula is C40H49NO. The van der Waals surface area contributed by atoms with Gasteiger partial charge in [-0.2, -0.15) is 0 Å². The third kappa shape index (κ3) is 6.14. The van der Waals surface area contributed by atoms with Crippen LogP contribution in [-0.2, 0) is 21.7 Å². The first-order valence-corrected chi connectivity index (χ1v) is 15.3. The average molecular weight is 560 g/mol. The van der Waals surface area contributed by atoms with Crippen molar-refractivity contribution in [1.82, 2.24) is 0 Å². The standard InChI is InChI=1S/C40H49NO/c1-37(2,3)29-17-27(18-30(23-29)38(4,5)6)25-13-15-33-35(21-25)42-36-22-26(14-16-34(36)41-33)28-19-31(39(7,8)9)24-32(20-28)40(10,11)12/h13-24,41H,1-12H3. The highest BCUT2D eigenvalue weighted by atomic mass is 16.5. The molecule has 2 nitrogen and oxygen atoms in total. The van der Waals surface area contributed by atoms with Gasteiger partial charge >= 0.3 is 0 Å². The number of fused-ring (bicyclic) bond motifs is 2. The second kappa shape index (κ2) is 10.0. The predicted molar refractivity (Wildman–Crippen MR) is 182 cm³/mol. The lowest BCUT2D eigenvalue weighted by molar-refractivity contribution is 0.481. The number of hydrogen-bond acceptors (Lipinski definition) is 2. The fourth-order valence-electron chi connectivity index (χ4n) is 5.36. The van der Waals surface area contributed by atoms with Gasteiger partial charge in [0.25, 0.3) is 0 Å². The summed E-state index contributed by atoms with van der Waals surface area (Å²) in [5.74, 6) is 1.71. The van der Waals surface area contributed by atoms with Crippen LogP contribution < -0.4 is 10.1 Å². The maximum absolute atomic E-state index is 6.63. The number of benzene rings is 4. The fraction of sp³-hybridized carbons (Fsp3) is 0.400. The van der Waals surface area contributed by atoms with E-state index >= 15 is 0 Å². The Morgan fingerprint density at radius 3 is 0.976 bits per heavy atom. The second-order valence-electron chi connectivity index (χ2n) is 16.2. The molecule has 4 aromatic carbocycles. The van der Waals surface area contributed by atoms with E-state index in [1.165, 1.54) is 44.5 Å². The van der Waals surface area contributed by atoms with Crippen molar-refractivity contribution >= 4 is 11.4 Å². The van der Waals surface area contributed by atoms with E-state index in [4.69, 9.17) is 4.74 Å². The van der Waals surface area contributed by atoms with E-state index < -0.39 is 0 Å². The summed E-state index contributed by atoms with van der Waals surface area (Å²) in [5.41, 5.74) is 12.4. The smallest absolute Gasteiger partial charge is 0.151 e. The predicted octanol–water partition coefficient (Wildman–Crippen LogP) is 12.1. The van der Waals surface area contributed by atoms with Crippen LogP contribution in [0.4, 0.5) is 11.4 Å². The van der Waals surface area contributed by atoms with Gasteiger partial charge in [0.1, 0.15) is 0 Å². The van der Waals surface area contributed by atoms with E-state index in [2.05, 4.69) is 161 Å². The van der Waals surface area contributed by atoms with Gasteiger partial charge in [-0.25, -0.2) is 0 Å². The molecule has 5 rings (SSSR count). The maximum Gasteiger partial charge on any atom is 0.151 e. The average Bonchev–Trinajstić information content (AvgIpc) is 2.88. The first kappa shape index (κ1) is 30.0. The Labute approximate surface area is 254 Å². The molecule has 0 atom stereocenters. The van der Waals surface area contributed by atoms with E-state index in [1.54, 1.807) is 0 Å². The Hall–Kier alpha value is -3.52. The minimum atomic E-state index is 0.0642. The molecule has 0 saturated carbocycles. The van der Waals surface area contributed by atoms with Crippen LogP contribution in [-0.4, -0.2) is 0 Å². The first-order valence-electron chi connectivity index (χ1n) is 15.3. The Morgan fingerprint density at radius 2 is 0.690 bits per heavy atom. The van der Waals surface area contributed by atoms with Crippen molar-refractivity contribution in [3.05, 3.63) is 95.1 Å². The SMILES string of the molecule is CC(C)(C)c1cc(-c2ccc3c(c2)Oc2cc(-c4cc(C(C)(C)C)cc(C(C)(C)C)c4)ccc2N3)cc(C(C)(C)C)c1. The molecular weight excluding hydrogens is 510 g/mol. The summed E-state index contributed by atoms with van der Waals surface area (Å²) in [7, 11) is 0. The lowest BCUT2D eigenvalue weighted by Gasteiger charge is -2.27. The van der Waals surface area contributed by atoms with Crippen molar-refractivity contribution in [1.29, 1.82) is 0 Å². The van der Waals surface area contributed by atoms with E-state index in [0.717, 1.165) is 22.9 Å². The Balaban J connectivity index is 1.54. The first-order chi connectivity index (χ1) is 19.3. The molecule has 0 spiro atoms. The fourth-order valence-corrected chi connectivity index (χ4v) is 5.36. The lowest BCUT2D eigenvalue weighted by Crippen LogP contribution is -2.16. The summed E-state index contributed by atoms with van der Waals surface area (Å²) < 4.78 is 6.63. The number of anilines is 2. The highest BCUT2D eigenvalue weighted by Crippen LogP contribution is 2.46. The van der Waals surface area contributed by atoms with Gasteiger partial charge in [0.15, 0.2) is 11.5 Å². The van der Waals surface area contributed by atoms with Crippen molar-refractivity contribution in [2.75, 3.05) is 5.32 Å². The van der Waals surface area contributed by atoms with Crippen molar-refractivity contribution in [3.63, 3.8) is 0 Å². The molecule has 0 fully saturated rings. The molecule has 1 aliphatic rings. The molecule has 4 aromatic rings. The third-order valence-electron chi connectivity index (χ3n) is 8.45. The number of nitrogens with one attached hydrogen (secondary N) is 1. The highest BCUT2D eigenvalue weighted by molar-refractivity contribution is 5.82. The Bertz CT molecular complexity index is 1460. The summed E-state index contributed by atoms with van der Waals surface area (Å²) in [6.45, 7) is 27.4. The zero-order valence-electron chi connectivity index (χ0n) is 27.8. The Kier molecular flexibility index (Phi) is 7.16. The van der Waals surface area contributed by atoms with Crippen molar-refractivity contribution in [2.24, 2.45) is 0 Å². The zero-order chi connectivity index (χ0) is 30.8. The van der Waals surface area contributed by atoms with Crippen LogP contribution in [0.2, 0.25) is 0 Å². The molecule has 1 aliphatic heterocycles. The minimum Gasteiger partial charge on any atom is -0.453 e. The van der Waals surface area contributed by atoms with Gasteiger partial charge in [0.2, 0.25) is 0 Å². The summed E-state index contributed by atoms with van der Waals surface area (Å²) in [6.07, 6.45) is 0. The molecule has 0 bridgehead atoms. The minimum absolute atomic E-state index is 0.0642. The van der Waals surface area contributed by atoms with Crippen LogP contribution in [0.3, 0.4) is 0 Å². The van der Waals surface area contributed by atoms with Crippen molar-refractivity contribution in [3.8, 4) is 33.8 Å². The normalized spacial score (nSPS) is 13.6. The second-order valence-corrected chi connectivity index (χ2v) is 16.2. The van der Waals surface area contributed by atoms with Gasteiger partial charge in [0.05, 0.1) is 11.4 Å². The summed E-state index contributed by atoms with van der Waals surface area (Å²) in [6, 6.07) is 27.2. The van der Waals surface area contributed by atoms with E-state index in [0.29, 0.717) is 0 Å². The van der Waals surface area contributed by atoms with E-state index in [9.17, 15) is 0 Å². The zero-order valence-corrected chi connectivity index (χ0v) is 27.8. The summed E-state index contributed by atoms with van der Waals surface area (Å²) in [5, 5.41) is 3.62. The van der Waals surface area contributed by atoms with Crippen LogP contribution >= 0.6 is 0 Å². The molecule has 1 N–H and O–H groups in total. The number of ether oxygens (including phenoxy) is 1.